The highest BCUT2D eigenvalue weighted by atomic mass is 32.2. The molecule has 1 unspecified atom stereocenters. The third kappa shape index (κ3) is 5.53. The average molecular weight is 460 g/mol. The van der Waals surface area contributed by atoms with Gasteiger partial charge in [-0.2, -0.15) is 8.42 Å². The molecule has 1 heterocycles. The largest absolute Gasteiger partial charge is 0.497 e. The molecule has 1 atom stereocenters. The van der Waals surface area contributed by atoms with Crippen molar-refractivity contribution in [1.82, 2.24) is 4.90 Å². The Labute approximate surface area is 185 Å². The predicted molar refractivity (Wildman–Crippen MR) is 121 cm³/mol. The van der Waals surface area contributed by atoms with Crippen molar-refractivity contribution < 1.29 is 22.7 Å². The Bertz CT molecular complexity index is 1100. The van der Waals surface area contributed by atoms with E-state index in [1.54, 1.807) is 49.6 Å². The third-order valence-electron chi connectivity index (χ3n) is 4.32. The van der Waals surface area contributed by atoms with Crippen LogP contribution in [0.1, 0.15) is 6.42 Å². The number of carbonyl (C=O) groups excluding carboxylic acids is 2. The lowest BCUT2D eigenvalue weighted by atomic mass is 10.2. The predicted octanol–water partition coefficient (Wildman–Crippen LogP) is 2.90. The molecule has 1 fully saturated rings. The van der Waals surface area contributed by atoms with Gasteiger partial charge in [0.15, 0.2) is 5.17 Å². The number of hydrogen-bond donors (Lipinski definition) is 1. The quantitative estimate of drug-likeness (QED) is 0.609. The summed E-state index contributed by atoms with van der Waals surface area (Å²) in [7, 11) is -2.45. The highest BCUT2D eigenvalue weighted by molar-refractivity contribution is 8.16. The van der Waals surface area contributed by atoms with Gasteiger partial charge in [0.05, 0.1) is 12.0 Å². The molecule has 0 spiro atoms. The summed E-state index contributed by atoms with van der Waals surface area (Å²) in [5, 5.41) is 1.95. The van der Waals surface area contributed by atoms with Crippen molar-refractivity contribution in [3.63, 3.8) is 0 Å². The maximum absolute atomic E-state index is 12.8. The number of hydrogen-bond acceptors (Lipinski definition) is 6. The molecule has 0 saturated carbocycles. The fourth-order valence-electron chi connectivity index (χ4n) is 2.81. The van der Waals surface area contributed by atoms with Crippen LogP contribution in [0.4, 0.5) is 5.69 Å². The normalized spacial score (nSPS) is 17.6. The van der Waals surface area contributed by atoms with Crippen LogP contribution in [0.3, 0.4) is 0 Å². The van der Waals surface area contributed by atoms with Crippen LogP contribution in [0.5, 0.6) is 5.75 Å². The second-order valence-electron chi connectivity index (χ2n) is 6.49. The van der Waals surface area contributed by atoms with Gasteiger partial charge in [-0.15, -0.1) is 11.0 Å². The van der Waals surface area contributed by atoms with Crippen molar-refractivity contribution in [2.45, 2.75) is 16.6 Å². The Morgan fingerprint density at radius 1 is 1.23 bits per heavy atom. The molecule has 3 rings (SSSR count). The first kappa shape index (κ1) is 22.6. The highest BCUT2D eigenvalue weighted by Gasteiger charge is 2.39. The minimum atomic E-state index is -4.00. The zero-order valence-corrected chi connectivity index (χ0v) is 18.4. The van der Waals surface area contributed by atoms with Gasteiger partial charge in [-0.25, -0.2) is 0 Å². The van der Waals surface area contributed by atoms with Crippen LogP contribution >= 0.6 is 11.8 Å². The summed E-state index contributed by atoms with van der Waals surface area (Å²) in [6.45, 7) is 3.70. The van der Waals surface area contributed by atoms with Crippen LogP contribution < -0.4 is 10.1 Å². The molecule has 8 nitrogen and oxygen atoms in total. The van der Waals surface area contributed by atoms with E-state index in [1.165, 1.54) is 23.1 Å². The lowest BCUT2D eigenvalue weighted by Crippen LogP contribution is -2.33. The molecule has 0 aromatic heterocycles. The molecular formula is C21H21N3O5S2. The van der Waals surface area contributed by atoms with Crippen molar-refractivity contribution in [2.24, 2.45) is 4.40 Å². The minimum Gasteiger partial charge on any atom is -0.497 e. The second-order valence-corrected chi connectivity index (χ2v) is 9.26. The van der Waals surface area contributed by atoms with E-state index in [0.717, 1.165) is 11.8 Å². The monoisotopic (exact) mass is 459 g/mol. The van der Waals surface area contributed by atoms with Gasteiger partial charge in [0.25, 0.3) is 10.0 Å². The van der Waals surface area contributed by atoms with Crippen LogP contribution in [0.25, 0.3) is 0 Å². The smallest absolute Gasteiger partial charge is 0.284 e. The number of methoxy groups -OCH3 is 1. The van der Waals surface area contributed by atoms with E-state index in [2.05, 4.69) is 16.3 Å². The average Bonchev–Trinajstić information content (AvgIpc) is 3.03. The number of nitrogens with one attached hydrogen (secondary N) is 1. The van der Waals surface area contributed by atoms with Crippen LogP contribution in [-0.2, 0) is 19.6 Å². The van der Waals surface area contributed by atoms with E-state index in [4.69, 9.17) is 4.74 Å². The molecule has 0 aliphatic carbocycles. The molecule has 0 bridgehead atoms. The number of anilines is 1. The van der Waals surface area contributed by atoms with Crippen molar-refractivity contribution in [3.8, 4) is 5.75 Å². The number of nitrogens with zero attached hydrogens (tertiary/aromatic N) is 2. The number of carbonyl (C=O) groups is 2. The maximum atomic E-state index is 12.8. The number of sulfonamides is 1. The van der Waals surface area contributed by atoms with Crippen LogP contribution in [0.2, 0.25) is 0 Å². The lowest BCUT2D eigenvalue weighted by Gasteiger charge is -2.13. The number of rotatable bonds is 8. The Kier molecular flexibility index (Phi) is 7.13. The first-order valence-electron chi connectivity index (χ1n) is 9.27. The van der Waals surface area contributed by atoms with Gasteiger partial charge in [0.1, 0.15) is 11.0 Å². The van der Waals surface area contributed by atoms with Crippen LogP contribution in [-0.4, -0.2) is 49.2 Å². The van der Waals surface area contributed by atoms with Crippen molar-refractivity contribution >= 4 is 44.5 Å². The van der Waals surface area contributed by atoms with E-state index in [0.29, 0.717) is 11.4 Å². The van der Waals surface area contributed by atoms with Crippen molar-refractivity contribution in [3.05, 3.63) is 67.3 Å². The summed E-state index contributed by atoms with van der Waals surface area (Å²) < 4.78 is 34.2. The summed E-state index contributed by atoms with van der Waals surface area (Å²) >= 11 is 0.952. The first-order valence-corrected chi connectivity index (χ1v) is 11.6. The van der Waals surface area contributed by atoms with Gasteiger partial charge < -0.3 is 10.1 Å². The minimum absolute atomic E-state index is 0.0230. The van der Waals surface area contributed by atoms with Crippen LogP contribution in [0, 0.1) is 0 Å². The number of benzene rings is 2. The Hall–Kier alpha value is -3.11. The second kappa shape index (κ2) is 9.80. The molecule has 1 aliphatic rings. The Balaban J connectivity index is 1.75. The fraction of sp³-hybridized carbons (Fsp3) is 0.190. The van der Waals surface area contributed by atoms with Gasteiger partial charge in [-0.3, -0.25) is 14.5 Å². The molecule has 31 heavy (non-hydrogen) atoms. The summed E-state index contributed by atoms with van der Waals surface area (Å²) in [5.41, 5.74) is 0.560. The third-order valence-corrected chi connectivity index (χ3v) is 6.89. The van der Waals surface area contributed by atoms with E-state index in [1.807, 2.05) is 0 Å². The first-order chi connectivity index (χ1) is 14.8. The molecule has 1 aliphatic heterocycles. The van der Waals surface area contributed by atoms with Crippen molar-refractivity contribution in [1.29, 1.82) is 0 Å². The lowest BCUT2D eigenvalue weighted by molar-refractivity contribution is -0.127. The number of thioether (sulfide) groups is 1. The number of ether oxygens (including phenoxy) is 1. The fourth-order valence-corrected chi connectivity index (χ4v) is 5.20. The molecule has 2 aromatic rings. The van der Waals surface area contributed by atoms with Gasteiger partial charge in [-0.1, -0.05) is 36.0 Å². The van der Waals surface area contributed by atoms with Gasteiger partial charge in [0.2, 0.25) is 11.8 Å². The summed E-state index contributed by atoms with van der Waals surface area (Å²) in [4.78, 5) is 26.5. The van der Waals surface area contributed by atoms with E-state index >= 15 is 0 Å². The Morgan fingerprint density at radius 3 is 2.52 bits per heavy atom. The SMILES string of the molecule is C=CCN1C(=O)C(CC(=O)Nc2ccc(OC)cc2)SC1=NS(=O)(=O)c1ccccc1. The molecule has 1 saturated heterocycles. The molecule has 2 aromatic carbocycles. The van der Waals surface area contributed by atoms with Crippen LogP contribution in [0.15, 0.2) is 76.5 Å². The molecule has 1 N–H and O–H groups in total. The summed E-state index contributed by atoms with van der Waals surface area (Å²) in [6, 6.07) is 14.5. The molecule has 2 amide bonds. The van der Waals surface area contributed by atoms with E-state index < -0.39 is 21.2 Å². The molecule has 162 valence electrons. The topological polar surface area (TPSA) is 105 Å². The number of amides is 2. The molecule has 0 radical (unpaired) electrons. The Morgan fingerprint density at radius 2 is 1.90 bits per heavy atom. The summed E-state index contributed by atoms with van der Waals surface area (Å²) in [5.74, 6) is -0.112. The zero-order valence-electron chi connectivity index (χ0n) is 16.7. The van der Waals surface area contributed by atoms with Gasteiger partial charge in [0, 0.05) is 18.7 Å². The molecular weight excluding hydrogens is 438 g/mol. The standard InChI is InChI=1S/C21H21N3O5S2/c1-3-13-24-20(26)18(14-19(25)22-15-9-11-16(29-2)12-10-15)30-21(24)23-31(27,28)17-7-5-4-6-8-17/h3-12,18H,1,13-14H2,2H3,(H,22,25). The summed E-state index contributed by atoms with van der Waals surface area (Å²) in [6.07, 6.45) is 1.34. The number of amidine groups is 1. The zero-order chi connectivity index (χ0) is 22.4. The highest BCUT2D eigenvalue weighted by Crippen LogP contribution is 2.31. The van der Waals surface area contributed by atoms with E-state index in [9.17, 15) is 18.0 Å². The van der Waals surface area contributed by atoms with Gasteiger partial charge >= 0.3 is 0 Å². The molecule has 10 heteroatoms. The van der Waals surface area contributed by atoms with Crippen molar-refractivity contribution in [2.75, 3.05) is 19.0 Å². The van der Waals surface area contributed by atoms with Gasteiger partial charge in [-0.05, 0) is 36.4 Å². The van der Waals surface area contributed by atoms with E-state index in [-0.39, 0.29) is 28.9 Å². The maximum Gasteiger partial charge on any atom is 0.284 e.